The zero-order valence-electron chi connectivity index (χ0n) is 12.8. The maximum absolute atomic E-state index is 13.6. The molecule has 2 aromatic carbocycles. The van der Waals surface area contributed by atoms with Crippen LogP contribution in [0.1, 0.15) is 18.4 Å². The minimum atomic E-state index is -0.874. The molecule has 1 fully saturated rings. The molecule has 1 aliphatic carbocycles. The highest BCUT2D eigenvalue weighted by molar-refractivity contribution is 9.10. The Morgan fingerprint density at radius 2 is 1.78 bits per heavy atom. The predicted octanol–water partition coefficient (Wildman–Crippen LogP) is 4.62. The van der Waals surface area contributed by atoms with Crippen LogP contribution < -0.4 is 10.2 Å². The molecule has 0 atom stereocenters. The van der Waals surface area contributed by atoms with Gasteiger partial charge in [-0.1, -0.05) is 46.3 Å². The Balaban J connectivity index is 1.80. The summed E-state index contributed by atoms with van der Waals surface area (Å²) in [6, 6.07) is 16.8. The minimum absolute atomic E-state index is 0.231. The van der Waals surface area contributed by atoms with Crippen LogP contribution >= 0.6 is 15.9 Å². The molecule has 2 aromatic rings. The molecule has 0 spiro atoms. The van der Waals surface area contributed by atoms with Gasteiger partial charge in [0, 0.05) is 30.0 Å². The summed E-state index contributed by atoms with van der Waals surface area (Å²) < 4.78 is 14.5. The summed E-state index contributed by atoms with van der Waals surface area (Å²) in [6.45, 7) is 0. The number of hydrogen-bond acceptors (Lipinski definition) is 1. The van der Waals surface area contributed by atoms with Gasteiger partial charge in [-0.25, -0.2) is 9.18 Å². The summed E-state index contributed by atoms with van der Waals surface area (Å²) in [5, 5.41) is 3.03. The number of para-hydroxylation sites is 1. The van der Waals surface area contributed by atoms with E-state index in [1.54, 1.807) is 11.9 Å². The monoisotopic (exact) mass is 376 g/mol. The van der Waals surface area contributed by atoms with E-state index in [-0.39, 0.29) is 6.03 Å². The number of amides is 2. The molecule has 0 unspecified atom stereocenters. The van der Waals surface area contributed by atoms with Crippen molar-refractivity contribution in [2.45, 2.75) is 24.6 Å². The number of nitrogens with zero attached hydrogens (tertiary/aromatic N) is 1. The molecule has 0 heterocycles. The quantitative estimate of drug-likeness (QED) is 0.832. The summed E-state index contributed by atoms with van der Waals surface area (Å²) in [6.07, 6.45) is -0.257. The molecule has 1 saturated carbocycles. The molecular formula is C18H18BrFN2O. The van der Waals surface area contributed by atoms with Crippen molar-refractivity contribution in [3.05, 3.63) is 64.6 Å². The first kappa shape index (κ1) is 16.0. The third kappa shape index (κ3) is 3.24. The highest BCUT2D eigenvalue weighted by Gasteiger charge is 2.47. The van der Waals surface area contributed by atoms with Gasteiger partial charge in [-0.3, -0.25) is 4.90 Å². The molecular weight excluding hydrogens is 359 g/mol. The van der Waals surface area contributed by atoms with Gasteiger partial charge in [-0.15, -0.1) is 0 Å². The van der Waals surface area contributed by atoms with Gasteiger partial charge < -0.3 is 5.32 Å². The summed E-state index contributed by atoms with van der Waals surface area (Å²) in [7, 11) is 1.71. The van der Waals surface area contributed by atoms with Crippen LogP contribution in [0, 0.1) is 0 Å². The van der Waals surface area contributed by atoms with E-state index < -0.39 is 11.7 Å². The SMILES string of the molecule is CN(C(=O)NC1(c2ccc(Br)cc2)CC(F)C1)c1ccccc1. The average molecular weight is 377 g/mol. The highest BCUT2D eigenvalue weighted by Crippen LogP contribution is 2.43. The van der Waals surface area contributed by atoms with Crippen molar-refractivity contribution in [2.24, 2.45) is 0 Å². The third-order valence-electron chi connectivity index (χ3n) is 4.33. The van der Waals surface area contributed by atoms with Crippen molar-refractivity contribution in [1.82, 2.24) is 5.32 Å². The molecule has 0 radical (unpaired) electrons. The molecule has 5 heteroatoms. The Morgan fingerprint density at radius 1 is 1.17 bits per heavy atom. The fourth-order valence-electron chi connectivity index (χ4n) is 2.93. The number of carbonyl (C=O) groups excluding carboxylic acids is 1. The summed E-state index contributed by atoms with van der Waals surface area (Å²) in [5.74, 6) is 0. The number of carbonyl (C=O) groups is 1. The molecule has 120 valence electrons. The van der Waals surface area contributed by atoms with Crippen molar-refractivity contribution >= 4 is 27.6 Å². The lowest BCUT2D eigenvalue weighted by Crippen LogP contribution is -2.58. The van der Waals surface area contributed by atoms with Crippen LogP contribution in [0.15, 0.2) is 59.1 Å². The normalized spacial score (nSPS) is 23.0. The van der Waals surface area contributed by atoms with Crippen molar-refractivity contribution in [1.29, 1.82) is 0 Å². The maximum Gasteiger partial charge on any atom is 0.322 e. The van der Waals surface area contributed by atoms with Crippen molar-refractivity contribution in [3.63, 3.8) is 0 Å². The summed E-state index contributed by atoms with van der Waals surface area (Å²) in [5.41, 5.74) is 1.11. The van der Waals surface area contributed by atoms with Gasteiger partial charge in [-0.2, -0.15) is 0 Å². The number of rotatable bonds is 3. The van der Waals surface area contributed by atoms with Gasteiger partial charge in [0.15, 0.2) is 0 Å². The van der Waals surface area contributed by atoms with E-state index in [1.165, 1.54) is 0 Å². The molecule has 0 aromatic heterocycles. The number of nitrogens with one attached hydrogen (secondary N) is 1. The number of urea groups is 1. The molecule has 0 aliphatic heterocycles. The van der Waals surface area contributed by atoms with E-state index in [0.29, 0.717) is 12.8 Å². The van der Waals surface area contributed by atoms with Crippen LogP contribution in [-0.4, -0.2) is 19.3 Å². The second kappa shape index (κ2) is 6.32. The van der Waals surface area contributed by atoms with Gasteiger partial charge in [0.05, 0.1) is 5.54 Å². The van der Waals surface area contributed by atoms with Gasteiger partial charge in [0.2, 0.25) is 0 Å². The van der Waals surface area contributed by atoms with Crippen LogP contribution in [0.4, 0.5) is 14.9 Å². The van der Waals surface area contributed by atoms with E-state index in [9.17, 15) is 9.18 Å². The van der Waals surface area contributed by atoms with Crippen LogP contribution in [0.5, 0.6) is 0 Å². The molecule has 2 amide bonds. The van der Waals surface area contributed by atoms with E-state index >= 15 is 0 Å². The van der Waals surface area contributed by atoms with Crippen molar-refractivity contribution < 1.29 is 9.18 Å². The molecule has 23 heavy (non-hydrogen) atoms. The lowest BCUT2D eigenvalue weighted by atomic mass is 9.70. The first-order valence-corrected chi connectivity index (χ1v) is 8.30. The number of alkyl halides is 1. The lowest BCUT2D eigenvalue weighted by molar-refractivity contribution is 0.0739. The van der Waals surface area contributed by atoms with E-state index in [4.69, 9.17) is 0 Å². The van der Waals surface area contributed by atoms with Gasteiger partial charge in [0.1, 0.15) is 6.17 Å². The fraction of sp³-hybridized carbons (Fsp3) is 0.278. The van der Waals surface area contributed by atoms with Crippen molar-refractivity contribution in [2.75, 3.05) is 11.9 Å². The Morgan fingerprint density at radius 3 is 2.35 bits per heavy atom. The minimum Gasteiger partial charge on any atom is -0.328 e. The molecule has 1 aliphatic rings. The first-order valence-electron chi connectivity index (χ1n) is 7.51. The Kier molecular flexibility index (Phi) is 4.39. The second-order valence-electron chi connectivity index (χ2n) is 5.92. The zero-order valence-corrected chi connectivity index (χ0v) is 14.4. The second-order valence-corrected chi connectivity index (χ2v) is 6.83. The topological polar surface area (TPSA) is 32.3 Å². The smallest absolute Gasteiger partial charge is 0.322 e. The Labute approximate surface area is 143 Å². The Bertz CT molecular complexity index is 684. The van der Waals surface area contributed by atoms with E-state index in [2.05, 4.69) is 21.2 Å². The van der Waals surface area contributed by atoms with Crippen LogP contribution in [0.25, 0.3) is 0 Å². The molecule has 1 N–H and O–H groups in total. The number of benzene rings is 2. The van der Waals surface area contributed by atoms with Crippen LogP contribution in [0.3, 0.4) is 0 Å². The van der Waals surface area contributed by atoms with Crippen LogP contribution in [0.2, 0.25) is 0 Å². The number of anilines is 1. The first-order chi connectivity index (χ1) is 11.0. The molecule has 3 rings (SSSR count). The van der Waals surface area contributed by atoms with E-state index in [1.807, 2.05) is 54.6 Å². The van der Waals surface area contributed by atoms with E-state index in [0.717, 1.165) is 15.7 Å². The molecule has 3 nitrogen and oxygen atoms in total. The summed E-state index contributed by atoms with van der Waals surface area (Å²) in [4.78, 5) is 14.1. The molecule has 0 bridgehead atoms. The van der Waals surface area contributed by atoms with Gasteiger partial charge in [-0.05, 0) is 29.8 Å². The number of halogens is 2. The largest absolute Gasteiger partial charge is 0.328 e. The Hall–Kier alpha value is -1.88. The average Bonchev–Trinajstić information content (AvgIpc) is 2.54. The zero-order chi connectivity index (χ0) is 16.4. The van der Waals surface area contributed by atoms with Gasteiger partial charge >= 0.3 is 6.03 Å². The standard InChI is InChI=1S/C18H18BrFN2O/c1-22(16-5-3-2-4-6-16)17(23)21-18(11-15(20)12-18)13-7-9-14(19)10-8-13/h2-10,15H,11-12H2,1H3,(H,21,23). The van der Waals surface area contributed by atoms with Gasteiger partial charge in [0.25, 0.3) is 0 Å². The third-order valence-corrected chi connectivity index (χ3v) is 4.86. The fourth-order valence-corrected chi connectivity index (χ4v) is 3.20. The summed E-state index contributed by atoms with van der Waals surface area (Å²) >= 11 is 3.40. The molecule has 0 saturated heterocycles. The lowest BCUT2D eigenvalue weighted by Gasteiger charge is -2.45. The van der Waals surface area contributed by atoms with Crippen molar-refractivity contribution in [3.8, 4) is 0 Å². The highest BCUT2D eigenvalue weighted by atomic mass is 79.9. The predicted molar refractivity (Wildman–Crippen MR) is 93.3 cm³/mol. The maximum atomic E-state index is 13.6. The van der Waals surface area contributed by atoms with Crippen LogP contribution in [-0.2, 0) is 5.54 Å². The number of hydrogen-bond donors (Lipinski definition) is 1.